The van der Waals surface area contributed by atoms with Gasteiger partial charge in [-0.15, -0.1) is 0 Å². The molecule has 1 aromatic rings. The van der Waals surface area contributed by atoms with Gasteiger partial charge >= 0.3 is 0 Å². The highest BCUT2D eigenvalue weighted by molar-refractivity contribution is 7.89. The number of benzene rings is 1. The van der Waals surface area contributed by atoms with Crippen LogP contribution in [0.1, 0.15) is 162 Å². The Hall–Kier alpha value is -2.11. The summed E-state index contributed by atoms with van der Waals surface area (Å²) >= 11 is 0. The number of allylic oxidation sites excluding steroid dienone is 6. The van der Waals surface area contributed by atoms with Gasteiger partial charge < -0.3 is 4.90 Å². The summed E-state index contributed by atoms with van der Waals surface area (Å²) in [5, 5.41) is 0. The van der Waals surface area contributed by atoms with Gasteiger partial charge in [-0.05, 0) is 76.8 Å². The van der Waals surface area contributed by atoms with Gasteiger partial charge in [0.15, 0.2) is 0 Å². The molecule has 0 amide bonds. The van der Waals surface area contributed by atoms with E-state index in [0.29, 0.717) is 13.1 Å². The molecule has 0 heterocycles. The Morgan fingerprint density at radius 3 is 1.84 bits per heavy atom. The van der Waals surface area contributed by atoms with Crippen LogP contribution >= 0.6 is 0 Å². The van der Waals surface area contributed by atoms with Crippen LogP contribution in [-0.2, 0) is 15.4 Å². The molecule has 0 aromatic heterocycles. The zero-order chi connectivity index (χ0) is 35.9. The summed E-state index contributed by atoms with van der Waals surface area (Å²) in [7, 11) is 0.727. The Bertz CT molecular complexity index is 1370. The number of hydrogen-bond acceptors (Lipinski definition) is 3. The first-order valence-corrected chi connectivity index (χ1v) is 21.7. The third-order valence-corrected chi connectivity index (χ3v) is 12.4. The van der Waals surface area contributed by atoms with Crippen LogP contribution in [0.2, 0.25) is 0 Å². The summed E-state index contributed by atoms with van der Waals surface area (Å²) in [5.74, 6) is 0.362. The van der Waals surface area contributed by atoms with Crippen molar-refractivity contribution in [3.63, 3.8) is 0 Å². The Morgan fingerprint density at radius 1 is 0.796 bits per heavy atom. The summed E-state index contributed by atoms with van der Waals surface area (Å²) in [6, 6.07) is 6.76. The summed E-state index contributed by atoms with van der Waals surface area (Å²) in [6.45, 7) is 14.8. The van der Waals surface area contributed by atoms with E-state index in [1.165, 1.54) is 105 Å². The number of fused-ring (bicyclic) bond motifs is 2. The van der Waals surface area contributed by atoms with Gasteiger partial charge in [0, 0.05) is 38.3 Å². The average molecular weight is 693 g/mol. The molecule has 0 bridgehead atoms. The van der Waals surface area contributed by atoms with E-state index in [1.807, 2.05) is 4.31 Å². The van der Waals surface area contributed by atoms with Crippen LogP contribution in [0.3, 0.4) is 0 Å². The van der Waals surface area contributed by atoms with Crippen LogP contribution in [0.25, 0.3) is 6.08 Å². The number of sulfonamides is 1. The topological polar surface area (TPSA) is 40.6 Å². The zero-order valence-electron chi connectivity index (χ0n) is 32.9. The second-order valence-electron chi connectivity index (χ2n) is 15.9. The summed E-state index contributed by atoms with van der Waals surface area (Å²) in [5.41, 5.74) is 8.39. The third-order valence-electron chi connectivity index (χ3n) is 10.6. The lowest BCUT2D eigenvalue weighted by atomic mass is 9.67. The van der Waals surface area contributed by atoms with Crippen molar-refractivity contribution in [3.8, 4) is 0 Å². The molecule has 0 saturated carbocycles. The molecule has 4 nitrogen and oxygen atoms in total. The number of unbranched alkanes of at least 4 members (excludes halogenated alkanes) is 14. The quantitative estimate of drug-likeness (QED) is 0.101. The first-order chi connectivity index (χ1) is 23.4. The van der Waals surface area contributed by atoms with Gasteiger partial charge in [-0.1, -0.05) is 156 Å². The smallest absolute Gasteiger partial charge is 0.218 e. The predicted octanol–water partition coefficient (Wildman–Crippen LogP) is 12.2. The van der Waals surface area contributed by atoms with E-state index in [-0.39, 0.29) is 17.1 Å². The van der Waals surface area contributed by atoms with Crippen molar-refractivity contribution in [2.75, 3.05) is 37.8 Å². The van der Waals surface area contributed by atoms with Gasteiger partial charge in [-0.25, -0.2) is 12.7 Å². The molecule has 0 N–H and O–H groups in total. The van der Waals surface area contributed by atoms with E-state index >= 15 is 0 Å². The van der Waals surface area contributed by atoms with E-state index in [4.69, 9.17) is 0 Å². The molecular weight excluding hydrogens is 621 g/mol. The minimum absolute atomic E-state index is 0.0909. The standard InChI is InChI=1S/C44H72N2O2S/c1-9-11-13-15-17-19-21-23-29-46(30-24-22-20-18-16-14-12-10-2)49(47,48)35-40(31-36(3)4)37-26-28-42-39(32-37)33-38-25-27-41(45(7)8)34-43(38)44(42,5)6/h25,27-28,31-34,36H,9-24,26,29-30,35H2,1-8H3/b40-31-. The average Bonchev–Trinajstić information content (AvgIpc) is 3.05. The molecule has 0 unspecified atom stereocenters. The maximum Gasteiger partial charge on any atom is 0.218 e. The van der Waals surface area contributed by atoms with E-state index in [0.717, 1.165) is 43.3 Å². The van der Waals surface area contributed by atoms with Gasteiger partial charge in [0.1, 0.15) is 0 Å². The van der Waals surface area contributed by atoms with Crippen LogP contribution < -0.4 is 4.90 Å². The number of anilines is 1. The molecule has 5 heteroatoms. The van der Waals surface area contributed by atoms with Crippen molar-refractivity contribution in [2.24, 2.45) is 5.92 Å². The summed E-state index contributed by atoms with van der Waals surface area (Å²) in [6.07, 6.45) is 29.5. The highest BCUT2D eigenvalue weighted by Gasteiger charge is 2.35. The first-order valence-electron chi connectivity index (χ1n) is 20.0. The zero-order valence-corrected chi connectivity index (χ0v) is 33.7. The van der Waals surface area contributed by atoms with Gasteiger partial charge in [0.2, 0.25) is 10.0 Å². The minimum Gasteiger partial charge on any atom is -0.378 e. The lowest BCUT2D eigenvalue weighted by molar-refractivity contribution is 0.384. The molecule has 2 aliphatic carbocycles. The Balaban J connectivity index is 1.77. The molecule has 0 fully saturated rings. The normalized spacial score (nSPS) is 16.0. The Kier molecular flexibility index (Phi) is 17.4. The first kappa shape index (κ1) is 41.3. The predicted molar refractivity (Wildman–Crippen MR) is 216 cm³/mol. The van der Waals surface area contributed by atoms with Gasteiger partial charge in [0.05, 0.1) is 5.75 Å². The van der Waals surface area contributed by atoms with Crippen LogP contribution in [0.5, 0.6) is 0 Å². The van der Waals surface area contributed by atoms with Gasteiger partial charge in [-0.3, -0.25) is 0 Å². The van der Waals surface area contributed by atoms with E-state index in [1.54, 1.807) is 0 Å². The molecule has 1 aromatic carbocycles. The fraction of sp³-hybridized carbons (Fsp3) is 0.682. The molecule has 0 saturated heterocycles. The van der Waals surface area contributed by atoms with Crippen LogP contribution in [-0.4, -0.2) is 45.7 Å². The van der Waals surface area contributed by atoms with E-state index in [2.05, 4.69) is 103 Å². The second-order valence-corrected chi connectivity index (χ2v) is 17.9. The molecule has 0 atom stereocenters. The highest BCUT2D eigenvalue weighted by Crippen LogP contribution is 2.47. The molecule has 0 spiro atoms. The summed E-state index contributed by atoms with van der Waals surface area (Å²) in [4.78, 5) is 2.17. The molecule has 276 valence electrons. The molecule has 2 aliphatic rings. The third kappa shape index (κ3) is 12.9. The molecular formula is C44H72N2O2S. The lowest BCUT2D eigenvalue weighted by Gasteiger charge is -2.38. The van der Waals surface area contributed by atoms with Crippen molar-refractivity contribution in [2.45, 2.75) is 156 Å². The fourth-order valence-electron chi connectivity index (χ4n) is 7.59. The number of rotatable bonds is 24. The van der Waals surface area contributed by atoms with Crippen molar-refractivity contribution in [3.05, 3.63) is 69.8 Å². The van der Waals surface area contributed by atoms with Gasteiger partial charge in [-0.2, -0.15) is 0 Å². The van der Waals surface area contributed by atoms with Crippen LogP contribution in [0, 0.1) is 5.92 Å². The minimum atomic E-state index is -3.46. The van der Waals surface area contributed by atoms with E-state index in [9.17, 15) is 8.42 Å². The van der Waals surface area contributed by atoms with Crippen molar-refractivity contribution in [1.82, 2.24) is 4.31 Å². The van der Waals surface area contributed by atoms with E-state index < -0.39 is 10.0 Å². The van der Waals surface area contributed by atoms with Crippen LogP contribution in [0.4, 0.5) is 5.69 Å². The maximum atomic E-state index is 14.3. The number of nitrogens with zero attached hydrogens (tertiary/aromatic N) is 2. The molecule has 3 rings (SSSR count). The molecule has 0 aliphatic heterocycles. The van der Waals surface area contributed by atoms with Crippen LogP contribution in [0.15, 0.2) is 58.7 Å². The van der Waals surface area contributed by atoms with Crippen molar-refractivity contribution >= 4 is 21.8 Å². The van der Waals surface area contributed by atoms with Gasteiger partial charge in [0.25, 0.3) is 0 Å². The number of hydrogen-bond donors (Lipinski definition) is 0. The van der Waals surface area contributed by atoms with Crippen molar-refractivity contribution in [1.29, 1.82) is 0 Å². The maximum absolute atomic E-state index is 14.3. The Labute approximate surface area is 303 Å². The fourth-order valence-corrected chi connectivity index (χ4v) is 9.26. The summed E-state index contributed by atoms with van der Waals surface area (Å²) < 4.78 is 30.5. The largest absolute Gasteiger partial charge is 0.378 e. The highest BCUT2D eigenvalue weighted by atomic mass is 32.2. The van der Waals surface area contributed by atoms with Crippen molar-refractivity contribution < 1.29 is 8.42 Å². The second kappa shape index (κ2) is 20.7. The SMILES string of the molecule is CCCCCCCCCCN(CCCCCCCCCC)S(=O)(=O)C/C(=C/C(C)C)C1=CC2=Cc3ccc(N(C)C)cc3C(C)(C)C2=CC1. The monoisotopic (exact) mass is 693 g/mol. The molecule has 49 heavy (non-hydrogen) atoms. The Morgan fingerprint density at radius 2 is 1.33 bits per heavy atom. The lowest BCUT2D eigenvalue weighted by Crippen LogP contribution is -2.35. The molecule has 0 radical (unpaired) electrons.